The van der Waals surface area contributed by atoms with Gasteiger partial charge in [-0.2, -0.15) is 0 Å². The zero-order chi connectivity index (χ0) is 11.4. The van der Waals surface area contributed by atoms with Crippen LogP contribution in [-0.2, 0) is 6.42 Å². The van der Waals surface area contributed by atoms with E-state index >= 15 is 0 Å². The zero-order valence-electron chi connectivity index (χ0n) is 9.05. The SMILES string of the molecule is Cc1ccccc1CC(NN)c1cnns1. The second-order valence-electron chi connectivity index (χ2n) is 3.67. The molecule has 84 valence electrons. The molecule has 5 heteroatoms. The summed E-state index contributed by atoms with van der Waals surface area (Å²) in [5.41, 5.74) is 5.38. The molecule has 3 N–H and O–H groups in total. The Bertz CT molecular complexity index is 441. The Morgan fingerprint density at radius 2 is 2.25 bits per heavy atom. The number of hydrazine groups is 1. The lowest BCUT2D eigenvalue weighted by Crippen LogP contribution is -2.29. The minimum absolute atomic E-state index is 0.0844. The van der Waals surface area contributed by atoms with Crippen LogP contribution in [0.2, 0.25) is 0 Å². The molecule has 0 amide bonds. The highest BCUT2D eigenvalue weighted by molar-refractivity contribution is 7.05. The first-order chi connectivity index (χ1) is 7.81. The Morgan fingerprint density at radius 3 is 2.88 bits per heavy atom. The molecule has 16 heavy (non-hydrogen) atoms. The maximum Gasteiger partial charge on any atom is 0.0670 e. The summed E-state index contributed by atoms with van der Waals surface area (Å²) in [6.45, 7) is 2.10. The highest BCUT2D eigenvalue weighted by atomic mass is 32.1. The van der Waals surface area contributed by atoms with E-state index in [1.807, 2.05) is 12.1 Å². The Balaban J connectivity index is 2.17. The molecule has 4 nitrogen and oxygen atoms in total. The standard InChI is InChI=1S/C11H14N4S/c1-8-4-2-3-5-9(8)6-10(14-12)11-7-13-15-16-11/h2-5,7,10,14H,6,12H2,1H3. The Hall–Kier alpha value is -1.30. The molecule has 0 spiro atoms. The maximum absolute atomic E-state index is 5.56. The van der Waals surface area contributed by atoms with E-state index in [9.17, 15) is 0 Å². The van der Waals surface area contributed by atoms with E-state index in [0.717, 1.165) is 11.3 Å². The summed E-state index contributed by atoms with van der Waals surface area (Å²) in [6.07, 6.45) is 2.61. The van der Waals surface area contributed by atoms with E-state index in [0.29, 0.717) is 0 Å². The molecule has 2 rings (SSSR count). The lowest BCUT2D eigenvalue weighted by Gasteiger charge is -2.14. The third-order valence-corrected chi connectivity index (χ3v) is 3.38. The molecular formula is C11H14N4S. The number of nitrogens with two attached hydrogens (primary N) is 1. The topological polar surface area (TPSA) is 63.8 Å². The first-order valence-electron chi connectivity index (χ1n) is 5.09. The van der Waals surface area contributed by atoms with Crippen LogP contribution in [0.25, 0.3) is 0 Å². The van der Waals surface area contributed by atoms with E-state index in [1.54, 1.807) is 6.20 Å². The second kappa shape index (κ2) is 5.16. The third kappa shape index (κ3) is 2.44. The number of aryl methyl sites for hydroxylation is 1. The Morgan fingerprint density at radius 1 is 1.44 bits per heavy atom. The minimum atomic E-state index is 0.0844. The van der Waals surface area contributed by atoms with E-state index in [2.05, 4.69) is 34.1 Å². The molecule has 0 saturated carbocycles. The molecule has 1 atom stereocenters. The molecule has 1 aromatic heterocycles. The third-order valence-electron chi connectivity index (χ3n) is 2.61. The quantitative estimate of drug-likeness (QED) is 0.623. The summed E-state index contributed by atoms with van der Waals surface area (Å²) < 4.78 is 3.85. The smallest absolute Gasteiger partial charge is 0.0670 e. The predicted molar refractivity (Wildman–Crippen MR) is 64.9 cm³/mol. The lowest BCUT2D eigenvalue weighted by atomic mass is 10.0. The van der Waals surface area contributed by atoms with Gasteiger partial charge in [-0.1, -0.05) is 28.8 Å². The molecule has 0 radical (unpaired) electrons. The van der Waals surface area contributed by atoms with Crippen molar-refractivity contribution in [3.05, 3.63) is 46.5 Å². The maximum atomic E-state index is 5.56. The number of aromatic nitrogens is 2. The molecule has 0 saturated heterocycles. The summed E-state index contributed by atoms with van der Waals surface area (Å²) in [7, 11) is 0. The molecule has 0 aliphatic rings. The Kier molecular flexibility index (Phi) is 3.61. The van der Waals surface area contributed by atoms with Gasteiger partial charge >= 0.3 is 0 Å². The van der Waals surface area contributed by atoms with Crippen LogP contribution in [0.1, 0.15) is 22.0 Å². The van der Waals surface area contributed by atoms with E-state index in [4.69, 9.17) is 5.84 Å². The van der Waals surface area contributed by atoms with Gasteiger partial charge in [0, 0.05) is 0 Å². The average Bonchev–Trinajstić information content (AvgIpc) is 2.81. The lowest BCUT2D eigenvalue weighted by molar-refractivity contribution is 0.558. The summed E-state index contributed by atoms with van der Waals surface area (Å²) in [6, 6.07) is 8.39. The number of hydrogen-bond donors (Lipinski definition) is 2. The number of benzene rings is 1. The van der Waals surface area contributed by atoms with Crippen molar-refractivity contribution in [3.63, 3.8) is 0 Å². The highest BCUT2D eigenvalue weighted by Crippen LogP contribution is 2.21. The van der Waals surface area contributed by atoms with Crippen molar-refractivity contribution in [1.29, 1.82) is 0 Å². The number of nitrogens with zero attached hydrogens (tertiary/aromatic N) is 2. The van der Waals surface area contributed by atoms with Crippen molar-refractivity contribution in [2.45, 2.75) is 19.4 Å². The first kappa shape index (κ1) is 11.2. The van der Waals surface area contributed by atoms with Crippen molar-refractivity contribution in [1.82, 2.24) is 15.0 Å². The molecule has 1 unspecified atom stereocenters. The molecule has 2 aromatic rings. The van der Waals surface area contributed by atoms with Gasteiger partial charge in [-0.05, 0) is 36.0 Å². The fraction of sp³-hybridized carbons (Fsp3) is 0.273. The van der Waals surface area contributed by atoms with Crippen LogP contribution in [0.15, 0.2) is 30.5 Å². The van der Waals surface area contributed by atoms with Crippen molar-refractivity contribution >= 4 is 11.5 Å². The molecule has 1 aromatic carbocycles. The van der Waals surface area contributed by atoms with Crippen molar-refractivity contribution in [2.75, 3.05) is 0 Å². The fourth-order valence-corrected chi connectivity index (χ4v) is 2.19. The molecule has 1 heterocycles. The molecule has 0 bridgehead atoms. The van der Waals surface area contributed by atoms with Gasteiger partial charge in [-0.15, -0.1) is 5.10 Å². The average molecular weight is 234 g/mol. The van der Waals surface area contributed by atoms with Crippen LogP contribution in [-0.4, -0.2) is 9.59 Å². The van der Waals surface area contributed by atoms with Crippen molar-refractivity contribution in [2.24, 2.45) is 5.84 Å². The number of nitrogens with one attached hydrogen (secondary N) is 1. The summed E-state index contributed by atoms with van der Waals surface area (Å²) >= 11 is 1.38. The highest BCUT2D eigenvalue weighted by Gasteiger charge is 2.13. The van der Waals surface area contributed by atoms with Gasteiger partial charge in [0.05, 0.1) is 17.1 Å². The molecule has 0 fully saturated rings. The summed E-state index contributed by atoms with van der Waals surface area (Å²) in [4.78, 5) is 1.06. The molecule has 0 aliphatic heterocycles. The van der Waals surface area contributed by atoms with Crippen LogP contribution in [0, 0.1) is 6.92 Å². The second-order valence-corrected chi connectivity index (χ2v) is 4.49. The largest absolute Gasteiger partial charge is 0.271 e. The van der Waals surface area contributed by atoms with Gasteiger partial charge in [0.15, 0.2) is 0 Å². The van der Waals surface area contributed by atoms with E-state index < -0.39 is 0 Å². The normalized spacial score (nSPS) is 12.6. The van der Waals surface area contributed by atoms with Gasteiger partial charge in [-0.25, -0.2) is 0 Å². The van der Waals surface area contributed by atoms with Crippen molar-refractivity contribution < 1.29 is 0 Å². The van der Waals surface area contributed by atoms with Gasteiger partial charge in [0.2, 0.25) is 0 Å². The number of hydrogen-bond acceptors (Lipinski definition) is 5. The van der Waals surface area contributed by atoms with Crippen LogP contribution in [0.3, 0.4) is 0 Å². The fourth-order valence-electron chi connectivity index (χ4n) is 1.63. The predicted octanol–water partition coefficient (Wildman–Crippen LogP) is 1.59. The van der Waals surface area contributed by atoms with Gasteiger partial charge in [-0.3, -0.25) is 11.3 Å². The van der Waals surface area contributed by atoms with Crippen LogP contribution in [0.4, 0.5) is 0 Å². The van der Waals surface area contributed by atoms with Gasteiger partial charge in [0.1, 0.15) is 0 Å². The Labute approximate surface area is 98.6 Å². The first-order valence-corrected chi connectivity index (χ1v) is 5.86. The van der Waals surface area contributed by atoms with Crippen LogP contribution >= 0.6 is 11.5 Å². The molecular weight excluding hydrogens is 220 g/mol. The van der Waals surface area contributed by atoms with Crippen LogP contribution in [0.5, 0.6) is 0 Å². The van der Waals surface area contributed by atoms with Crippen molar-refractivity contribution in [3.8, 4) is 0 Å². The monoisotopic (exact) mass is 234 g/mol. The van der Waals surface area contributed by atoms with E-state index in [-0.39, 0.29) is 6.04 Å². The van der Waals surface area contributed by atoms with Gasteiger partial charge in [0.25, 0.3) is 0 Å². The summed E-state index contributed by atoms with van der Waals surface area (Å²) in [5, 5.41) is 3.83. The minimum Gasteiger partial charge on any atom is -0.271 e. The van der Waals surface area contributed by atoms with E-state index in [1.165, 1.54) is 22.7 Å². The van der Waals surface area contributed by atoms with Crippen LogP contribution < -0.4 is 11.3 Å². The zero-order valence-corrected chi connectivity index (χ0v) is 9.87. The molecule has 0 aliphatic carbocycles. The number of rotatable bonds is 4. The summed E-state index contributed by atoms with van der Waals surface area (Å²) in [5.74, 6) is 5.56. The van der Waals surface area contributed by atoms with Gasteiger partial charge < -0.3 is 0 Å².